The molecule has 0 radical (unpaired) electrons. The molecule has 0 spiro atoms. The molecule has 0 bridgehead atoms. The molecule has 0 aliphatic heterocycles. The van der Waals surface area contributed by atoms with E-state index in [1.807, 2.05) is 30.3 Å². The lowest BCUT2D eigenvalue weighted by molar-refractivity contribution is -0.104. The van der Waals surface area contributed by atoms with Gasteiger partial charge in [0.1, 0.15) is 6.29 Å². The van der Waals surface area contributed by atoms with Crippen LogP contribution in [0.5, 0.6) is 0 Å². The van der Waals surface area contributed by atoms with Crippen LogP contribution in [0.1, 0.15) is 5.56 Å². The molecule has 3 nitrogen and oxygen atoms in total. The van der Waals surface area contributed by atoms with E-state index in [4.69, 9.17) is 0 Å². The second kappa shape index (κ2) is 4.37. The third-order valence-corrected chi connectivity index (χ3v) is 2.09. The Hall–Kier alpha value is -2.16. The molecule has 2 rings (SSSR count). The number of nitrogens with zero attached hydrogens (tertiary/aromatic N) is 1. The first kappa shape index (κ1) is 9.40. The lowest BCUT2D eigenvalue weighted by Gasteiger charge is -1.98. The zero-order valence-corrected chi connectivity index (χ0v) is 8.05. The first-order valence-electron chi connectivity index (χ1n) is 4.62. The van der Waals surface area contributed by atoms with E-state index in [9.17, 15) is 4.79 Å². The Morgan fingerprint density at radius 1 is 1.20 bits per heavy atom. The second-order valence-corrected chi connectivity index (χ2v) is 3.06. The zero-order chi connectivity index (χ0) is 10.5. The molecule has 1 N–H and O–H groups in total. The summed E-state index contributed by atoms with van der Waals surface area (Å²) in [5, 5.41) is 6.87. The minimum absolute atomic E-state index is 0.752. The van der Waals surface area contributed by atoms with Crippen molar-refractivity contribution in [2.24, 2.45) is 0 Å². The summed E-state index contributed by atoms with van der Waals surface area (Å²) in [5.74, 6) is 0. The van der Waals surface area contributed by atoms with Gasteiger partial charge in [-0.2, -0.15) is 5.10 Å². The van der Waals surface area contributed by atoms with Crippen LogP contribution in [-0.4, -0.2) is 16.5 Å². The maximum atomic E-state index is 10.2. The van der Waals surface area contributed by atoms with Gasteiger partial charge in [0.15, 0.2) is 0 Å². The van der Waals surface area contributed by atoms with Gasteiger partial charge in [-0.05, 0) is 12.2 Å². The van der Waals surface area contributed by atoms with Crippen LogP contribution < -0.4 is 0 Å². The number of hydrogen-bond donors (Lipinski definition) is 1. The Kier molecular flexibility index (Phi) is 2.74. The number of aromatic amines is 1. The molecule has 1 aromatic carbocycles. The van der Waals surface area contributed by atoms with Crippen molar-refractivity contribution in [3.63, 3.8) is 0 Å². The number of carbonyl (C=O) groups is 1. The highest BCUT2D eigenvalue weighted by Gasteiger charge is 2.03. The van der Waals surface area contributed by atoms with E-state index in [-0.39, 0.29) is 0 Å². The minimum Gasteiger partial charge on any atom is -0.299 e. The summed E-state index contributed by atoms with van der Waals surface area (Å²) >= 11 is 0. The maximum absolute atomic E-state index is 10.2. The highest BCUT2D eigenvalue weighted by Crippen LogP contribution is 2.21. The molecule has 0 saturated carbocycles. The van der Waals surface area contributed by atoms with Crippen molar-refractivity contribution in [3.05, 3.63) is 48.2 Å². The molecule has 0 atom stereocenters. The van der Waals surface area contributed by atoms with Gasteiger partial charge in [0, 0.05) is 11.1 Å². The van der Waals surface area contributed by atoms with E-state index < -0.39 is 0 Å². The quantitative estimate of drug-likeness (QED) is 0.607. The third kappa shape index (κ3) is 2.02. The fourth-order valence-electron chi connectivity index (χ4n) is 1.40. The second-order valence-electron chi connectivity index (χ2n) is 3.06. The molecule has 2 aromatic rings. The van der Waals surface area contributed by atoms with E-state index >= 15 is 0 Å². The molecule has 0 saturated heterocycles. The predicted octanol–water partition coefficient (Wildman–Crippen LogP) is 2.29. The van der Waals surface area contributed by atoms with Crippen molar-refractivity contribution in [1.29, 1.82) is 0 Å². The molecule has 0 aliphatic carbocycles. The molecule has 0 fully saturated rings. The molecular formula is C12H10N2O. The summed E-state index contributed by atoms with van der Waals surface area (Å²) in [6.07, 6.45) is 5.64. The minimum atomic E-state index is 0.752. The molecule has 0 unspecified atom stereocenters. The number of allylic oxidation sites excluding steroid dienone is 1. The van der Waals surface area contributed by atoms with Gasteiger partial charge in [-0.25, -0.2) is 0 Å². The summed E-state index contributed by atoms with van der Waals surface area (Å²) in [7, 11) is 0. The Bertz CT molecular complexity index is 471. The van der Waals surface area contributed by atoms with Gasteiger partial charge in [-0.3, -0.25) is 9.89 Å². The van der Waals surface area contributed by atoms with Crippen molar-refractivity contribution >= 4 is 12.4 Å². The van der Waals surface area contributed by atoms with Gasteiger partial charge in [-0.1, -0.05) is 30.3 Å². The molecule has 0 amide bonds. The number of hydrogen-bond acceptors (Lipinski definition) is 2. The first-order chi connectivity index (χ1) is 7.42. The summed E-state index contributed by atoms with van der Waals surface area (Å²) in [6, 6.07) is 9.87. The van der Waals surface area contributed by atoms with Gasteiger partial charge in [0.05, 0.1) is 11.9 Å². The molecule has 3 heteroatoms. The molecule has 1 aromatic heterocycles. The molecule has 1 heterocycles. The molecular weight excluding hydrogens is 188 g/mol. The highest BCUT2D eigenvalue weighted by atomic mass is 16.1. The van der Waals surface area contributed by atoms with E-state index in [2.05, 4.69) is 10.2 Å². The Labute approximate surface area is 87.5 Å². The monoisotopic (exact) mass is 198 g/mol. The summed E-state index contributed by atoms with van der Waals surface area (Å²) < 4.78 is 0. The van der Waals surface area contributed by atoms with Crippen molar-refractivity contribution in [2.75, 3.05) is 0 Å². The molecule has 15 heavy (non-hydrogen) atoms. The average molecular weight is 198 g/mol. The largest absolute Gasteiger partial charge is 0.299 e. The standard InChI is InChI=1S/C12H10N2O/c15-8-4-7-11-9-13-14-12(11)10-5-2-1-3-6-10/h1-9H,(H,13,14). The Morgan fingerprint density at radius 2 is 2.00 bits per heavy atom. The van der Waals surface area contributed by atoms with Crippen LogP contribution in [0.4, 0.5) is 0 Å². The number of nitrogens with one attached hydrogen (secondary N) is 1. The number of carbonyl (C=O) groups excluding carboxylic acids is 1. The number of aromatic nitrogens is 2. The summed E-state index contributed by atoms with van der Waals surface area (Å²) in [5.41, 5.74) is 2.89. The van der Waals surface area contributed by atoms with Crippen molar-refractivity contribution in [2.45, 2.75) is 0 Å². The Morgan fingerprint density at radius 3 is 2.73 bits per heavy atom. The third-order valence-electron chi connectivity index (χ3n) is 2.09. The van der Waals surface area contributed by atoms with Gasteiger partial charge in [-0.15, -0.1) is 0 Å². The number of benzene rings is 1. The maximum Gasteiger partial charge on any atom is 0.142 e. The lowest BCUT2D eigenvalue weighted by Crippen LogP contribution is -1.80. The topological polar surface area (TPSA) is 45.8 Å². The Balaban J connectivity index is 2.41. The number of H-pyrrole nitrogens is 1. The zero-order valence-electron chi connectivity index (χ0n) is 8.05. The molecule has 74 valence electrons. The van der Waals surface area contributed by atoms with E-state index in [1.165, 1.54) is 6.08 Å². The van der Waals surface area contributed by atoms with Crippen LogP contribution >= 0.6 is 0 Å². The average Bonchev–Trinajstić information content (AvgIpc) is 2.75. The van der Waals surface area contributed by atoms with Crippen LogP contribution in [0.15, 0.2) is 42.6 Å². The highest BCUT2D eigenvalue weighted by molar-refractivity contribution is 5.79. The normalized spacial score (nSPS) is 10.7. The van der Waals surface area contributed by atoms with Crippen molar-refractivity contribution < 1.29 is 4.79 Å². The van der Waals surface area contributed by atoms with E-state index in [0.29, 0.717) is 0 Å². The van der Waals surface area contributed by atoms with Gasteiger partial charge in [0.2, 0.25) is 0 Å². The van der Waals surface area contributed by atoms with Crippen LogP contribution in [-0.2, 0) is 4.79 Å². The van der Waals surface area contributed by atoms with Crippen LogP contribution in [0.25, 0.3) is 17.3 Å². The molecule has 0 aliphatic rings. The SMILES string of the molecule is O=CC=Cc1cn[nH]c1-c1ccccc1. The van der Waals surface area contributed by atoms with Crippen molar-refractivity contribution in [1.82, 2.24) is 10.2 Å². The fourth-order valence-corrected chi connectivity index (χ4v) is 1.40. The number of rotatable bonds is 3. The number of aldehydes is 1. The van der Waals surface area contributed by atoms with Crippen LogP contribution in [0, 0.1) is 0 Å². The summed E-state index contributed by atoms with van der Waals surface area (Å²) in [6.45, 7) is 0. The first-order valence-corrected chi connectivity index (χ1v) is 4.62. The fraction of sp³-hybridized carbons (Fsp3) is 0. The summed E-state index contributed by atoms with van der Waals surface area (Å²) in [4.78, 5) is 10.2. The van der Waals surface area contributed by atoms with Crippen molar-refractivity contribution in [3.8, 4) is 11.3 Å². The predicted molar refractivity (Wildman–Crippen MR) is 59.1 cm³/mol. The smallest absolute Gasteiger partial charge is 0.142 e. The van der Waals surface area contributed by atoms with E-state index in [1.54, 1.807) is 12.3 Å². The van der Waals surface area contributed by atoms with E-state index in [0.717, 1.165) is 23.1 Å². The van der Waals surface area contributed by atoms with Crippen LogP contribution in [0.2, 0.25) is 0 Å². The van der Waals surface area contributed by atoms with Gasteiger partial charge < -0.3 is 0 Å². The lowest BCUT2D eigenvalue weighted by atomic mass is 10.1. The van der Waals surface area contributed by atoms with Crippen LogP contribution in [0.3, 0.4) is 0 Å². The van der Waals surface area contributed by atoms with Gasteiger partial charge >= 0.3 is 0 Å². The van der Waals surface area contributed by atoms with Gasteiger partial charge in [0.25, 0.3) is 0 Å².